The second-order valence-corrected chi connectivity index (χ2v) is 3.17. The summed E-state index contributed by atoms with van der Waals surface area (Å²) in [4.78, 5) is 19.3. The Labute approximate surface area is 108 Å². The average Bonchev–Trinajstić information content (AvgIpc) is 2.46. The Bertz CT molecular complexity index is 423. The number of aliphatic imine (C=N–C) groups is 1. The molecule has 18 heavy (non-hydrogen) atoms. The van der Waals surface area contributed by atoms with E-state index in [-0.39, 0.29) is 5.97 Å². The minimum absolute atomic E-state index is 0.356. The molecule has 0 aliphatic carbocycles. The van der Waals surface area contributed by atoms with Crippen LogP contribution in [0, 0.1) is 0 Å². The predicted molar refractivity (Wildman–Crippen MR) is 73.8 cm³/mol. The van der Waals surface area contributed by atoms with Gasteiger partial charge in [-0.1, -0.05) is 13.8 Å². The van der Waals surface area contributed by atoms with Crippen LogP contribution >= 0.6 is 0 Å². The van der Waals surface area contributed by atoms with Crippen LogP contribution in [-0.4, -0.2) is 30.8 Å². The largest absolute Gasteiger partial charge is 0.466 e. The molecule has 98 valence electrons. The zero-order valence-electron chi connectivity index (χ0n) is 11.6. The van der Waals surface area contributed by atoms with E-state index in [1.54, 1.807) is 32.4 Å². The molecule has 0 atom stereocenters. The van der Waals surface area contributed by atoms with Crippen molar-refractivity contribution in [2.75, 3.05) is 14.2 Å². The maximum absolute atomic E-state index is 11.2. The van der Waals surface area contributed by atoms with Gasteiger partial charge in [0, 0.05) is 30.6 Å². The number of hydrogen-bond donors (Lipinski definition) is 0. The Morgan fingerprint density at radius 1 is 1.44 bits per heavy atom. The Morgan fingerprint density at radius 3 is 2.56 bits per heavy atom. The summed E-state index contributed by atoms with van der Waals surface area (Å²) in [5.41, 5.74) is 2.08. The van der Waals surface area contributed by atoms with Crippen molar-refractivity contribution >= 4 is 11.7 Å². The summed E-state index contributed by atoms with van der Waals surface area (Å²) in [5, 5.41) is 0. The Kier molecular flexibility index (Phi) is 8.10. The van der Waals surface area contributed by atoms with Crippen LogP contribution in [0.1, 0.15) is 26.3 Å². The molecule has 1 aromatic heterocycles. The van der Waals surface area contributed by atoms with Gasteiger partial charge >= 0.3 is 5.97 Å². The molecule has 1 aromatic rings. The van der Waals surface area contributed by atoms with Crippen LogP contribution in [0.3, 0.4) is 0 Å². The van der Waals surface area contributed by atoms with E-state index in [4.69, 9.17) is 0 Å². The van der Waals surface area contributed by atoms with Gasteiger partial charge in [0.2, 0.25) is 0 Å². The second kappa shape index (κ2) is 9.10. The molecule has 0 unspecified atom stereocenters. The lowest BCUT2D eigenvalue weighted by molar-refractivity contribution is -0.136. The highest BCUT2D eigenvalue weighted by Crippen LogP contribution is 2.04. The van der Waals surface area contributed by atoms with Crippen molar-refractivity contribution in [1.29, 1.82) is 0 Å². The Morgan fingerprint density at radius 2 is 2.11 bits per heavy atom. The van der Waals surface area contributed by atoms with Crippen LogP contribution in [-0.2, 0) is 9.53 Å². The number of allylic oxidation sites excluding steroid dienone is 1. The second-order valence-electron chi connectivity index (χ2n) is 3.17. The van der Waals surface area contributed by atoms with Crippen molar-refractivity contribution in [2.24, 2.45) is 4.99 Å². The monoisotopic (exact) mass is 248 g/mol. The van der Waals surface area contributed by atoms with Crippen LogP contribution < -0.4 is 0 Å². The predicted octanol–water partition coefficient (Wildman–Crippen LogP) is 2.65. The van der Waals surface area contributed by atoms with Crippen molar-refractivity contribution < 1.29 is 9.53 Å². The molecular formula is C14H20N2O2. The van der Waals surface area contributed by atoms with Gasteiger partial charge in [0.15, 0.2) is 0 Å². The van der Waals surface area contributed by atoms with E-state index in [0.717, 1.165) is 5.56 Å². The van der Waals surface area contributed by atoms with Crippen LogP contribution in [0.2, 0.25) is 0 Å². The molecule has 0 N–H and O–H groups in total. The van der Waals surface area contributed by atoms with Crippen molar-refractivity contribution in [3.63, 3.8) is 0 Å². The van der Waals surface area contributed by atoms with E-state index in [9.17, 15) is 4.79 Å². The topological polar surface area (TPSA) is 51.5 Å². The van der Waals surface area contributed by atoms with Gasteiger partial charge in [0.1, 0.15) is 0 Å². The fraction of sp³-hybridized carbons (Fsp3) is 0.357. The van der Waals surface area contributed by atoms with E-state index in [1.165, 1.54) is 7.11 Å². The molecule has 0 aliphatic heterocycles. The Hall–Kier alpha value is -1.97. The van der Waals surface area contributed by atoms with Crippen LogP contribution in [0.25, 0.3) is 0 Å². The van der Waals surface area contributed by atoms with Crippen LogP contribution in [0.15, 0.2) is 41.2 Å². The first kappa shape index (κ1) is 16.0. The fourth-order valence-corrected chi connectivity index (χ4v) is 1.22. The molecule has 4 nitrogen and oxygen atoms in total. The SMILES string of the molecule is CC.CN=C(/C=C(\C)C(=O)OC)c1cccnc1. The first-order valence-corrected chi connectivity index (χ1v) is 5.83. The summed E-state index contributed by atoms with van der Waals surface area (Å²) in [6.45, 7) is 5.69. The zero-order chi connectivity index (χ0) is 14.0. The summed E-state index contributed by atoms with van der Waals surface area (Å²) >= 11 is 0. The van der Waals surface area contributed by atoms with Crippen molar-refractivity contribution in [2.45, 2.75) is 20.8 Å². The zero-order valence-corrected chi connectivity index (χ0v) is 11.6. The summed E-state index contributed by atoms with van der Waals surface area (Å²) < 4.78 is 4.62. The van der Waals surface area contributed by atoms with Gasteiger partial charge in [-0.2, -0.15) is 0 Å². The number of ether oxygens (including phenoxy) is 1. The standard InChI is InChI=1S/C12H14N2O2.C2H6/c1-9(12(15)16-3)7-11(13-2)10-5-4-6-14-8-10;1-2/h4-8H,1-3H3;1-2H3/b9-7+,13-11?;. The molecule has 0 spiro atoms. The minimum atomic E-state index is -0.356. The third-order valence-corrected chi connectivity index (χ3v) is 2.06. The number of aromatic nitrogens is 1. The van der Waals surface area contributed by atoms with E-state index >= 15 is 0 Å². The Balaban J connectivity index is 0.00000137. The number of esters is 1. The van der Waals surface area contributed by atoms with Gasteiger partial charge in [0.05, 0.1) is 12.8 Å². The summed E-state index contributed by atoms with van der Waals surface area (Å²) in [6.07, 6.45) is 5.07. The number of carbonyl (C=O) groups is 1. The first-order chi connectivity index (χ1) is 8.69. The molecule has 0 amide bonds. The number of rotatable bonds is 3. The summed E-state index contributed by atoms with van der Waals surface area (Å²) in [5.74, 6) is -0.356. The number of carbonyl (C=O) groups excluding carboxylic acids is 1. The molecule has 4 heteroatoms. The van der Waals surface area contributed by atoms with E-state index in [1.807, 2.05) is 26.0 Å². The molecule has 0 saturated heterocycles. The molecule has 0 bridgehead atoms. The minimum Gasteiger partial charge on any atom is -0.466 e. The van der Waals surface area contributed by atoms with Gasteiger partial charge in [0.25, 0.3) is 0 Å². The molecule has 1 rings (SSSR count). The lowest BCUT2D eigenvalue weighted by Gasteiger charge is -2.02. The van der Waals surface area contributed by atoms with E-state index in [0.29, 0.717) is 11.3 Å². The third kappa shape index (κ3) is 4.91. The average molecular weight is 248 g/mol. The highest BCUT2D eigenvalue weighted by atomic mass is 16.5. The maximum Gasteiger partial charge on any atom is 0.333 e. The summed E-state index contributed by atoms with van der Waals surface area (Å²) in [7, 11) is 3.02. The normalized spacial score (nSPS) is 11.4. The molecular weight excluding hydrogens is 228 g/mol. The number of pyridine rings is 1. The van der Waals surface area contributed by atoms with Gasteiger partial charge < -0.3 is 4.74 Å². The van der Waals surface area contributed by atoms with Crippen molar-refractivity contribution in [3.8, 4) is 0 Å². The maximum atomic E-state index is 11.2. The lowest BCUT2D eigenvalue weighted by Crippen LogP contribution is -2.05. The van der Waals surface area contributed by atoms with E-state index < -0.39 is 0 Å². The van der Waals surface area contributed by atoms with Gasteiger partial charge in [-0.15, -0.1) is 0 Å². The number of hydrogen-bond acceptors (Lipinski definition) is 4. The van der Waals surface area contributed by atoms with Crippen LogP contribution in [0.4, 0.5) is 0 Å². The van der Waals surface area contributed by atoms with Gasteiger partial charge in [-0.25, -0.2) is 4.79 Å². The molecule has 0 aliphatic rings. The number of methoxy groups -OCH3 is 1. The fourth-order valence-electron chi connectivity index (χ4n) is 1.22. The smallest absolute Gasteiger partial charge is 0.333 e. The molecule has 0 radical (unpaired) electrons. The van der Waals surface area contributed by atoms with Gasteiger partial charge in [-0.3, -0.25) is 9.98 Å². The third-order valence-electron chi connectivity index (χ3n) is 2.06. The molecule has 0 saturated carbocycles. The van der Waals surface area contributed by atoms with Crippen molar-refractivity contribution in [1.82, 2.24) is 4.98 Å². The van der Waals surface area contributed by atoms with E-state index in [2.05, 4.69) is 14.7 Å². The quantitative estimate of drug-likeness (QED) is 0.469. The number of nitrogens with zero attached hydrogens (tertiary/aromatic N) is 2. The first-order valence-electron chi connectivity index (χ1n) is 5.83. The van der Waals surface area contributed by atoms with Crippen LogP contribution in [0.5, 0.6) is 0 Å². The van der Waals surface area contributed by atoms with Gasteiger partial charge in [-0.05, 0) is 25.1 Å². The molecule has 1 heterocycles. The van der Waals surface area contributed by atoms with Crippen molar-refractivity contribution in [3.05, 3.63) is 41.7 Å². The molecule has 0 aromatic carbocycles. The highest BCUT2D eigenvalue weighted by molar-refractivity contribution is 6.11. The lowest BCUT2D eigenvalue weighted by atomic mass is 10.1. The molecule has 0 fully saturated rings. The highest BCUT2D eigenvalue weighted by Gasteiger charge is 2.06. The summed E-state index contributed by atoms with van der Waals surface area (Å²) in [6, 6.07) is 3.71.